The van der Waals surface area contributed by atoms with Crippen LogP contribution in [0.3, 0.4) is 0 Å². The first-order valence-electron chi connectivity index (χ1n) is 7.98. The van der Waals surface area contributed by atoms with Crippen LogP contribution in [0.25, 0.3) is 22.2 Å². The number of hydrogen-bond donors (Lipinski definition) is 1. The summed E-state index contributed by atoms with van der Waals surface area (Å²) in [5, 5.41) is 5.57. The molecule has 3 heterocycles. The van der Waals surface area contributed by atoms with E-state index in [0.29, 0.717) is 17.3 Å². The summed E-state index contributed by atoms with van der Waals surface area (Å²) in [4.78, 5) is 21.0. The van der Waals surface area contributed by atoms with Gasteiger partial charge in [-0.3, -0.25) is 4.79 Å². The van der Waals surface area contributed by atoms with Gasteiger partial charge in [0.2, 0.25) is 11.8 Å². The molecule has 4 rings (SSSR count). The lowest BCUT2D eigenvalue weighted by molar-refractivity contribution is -0.115. The smallest absolute Gasteiger partial charge is 0.230 e. The molecular weight excluding hydrogens is 350 g/mol. The third kappa shape index (κ3) is 3.43. The number of aromatic nitrogens is 2. The topological polar surface area (TPSA) is 81.2 Å². The summed E-state index contributed by atoms with van der Waals surface area (Å²) in [5.41, 5.74) is 3.21. The summed E-state index contributed by atoms with van der Waals surface area (Å²) in [6.45, 7) is 1.94. The highest BCUT2D eigenvalue weighted by Crippen LogP contribution is 2.26. The van der Waals surface area contributed by atoms with Crippen LogP contribution in [0.1, 0.15) is 11.3 Å². The molecular formula is C19H15N3O3S. The fraction of sp³-hybridized carbons (Fsp3) is 0.105. The fourth-order valence-electron chi connectivity index (χ4n) is 2.52. The number of thiazole rings is 1. The lowest BCUT2D eigenvalue weighted by Crippen LogP contribution is -2.15. The Hall–Kier alpha value is -3.19. The zero-order valence-electron chi connectivity index (χ0n) is 13.9. The lowest BCUT2D eigenvalue weighted by atomic mass is 10.1. The number of oxazole rings is 1. The first-order chi connectivity index (χ1) is 12.7. The van der Waals surface area contributed by atoms with Crippen LogP contribution in [0.5, 0.6) is 0 Å². The van der Waals surface area contributed by atoms with E-state index in [1.807, 2.05) is 42.6 Å². The zero-order chi connectivity index (χ0) is 17.9. The number of rotatable bonds is 5. The predicted octanol–water partition coefficient (Wildman–Crippen LogP) is 4.55. The van der Waals surface area contributed by atoms with Crippen molar-refractivity contribution in [3.63, 3.8) is 0 Å². The van der Waals surface area contributed by atoms with Crippen molar-refractivity contribution in [1.29, 1.82) is 0 Å². The van der Waals surface area contributed by atoms with E-state index in [1.54, 1.807) is 12.5 Å². The van der Waals surface area contributed by atoms with Gasteiger partial charge in [0.25, 0.3) is 0 Å². The van der Waals surface area contributed by atoms with Crippen LogP contribution in [0.4, 0.5) is 5.69 Å². The van der Waals surface area contributed by atoms with Crippen molar-refractivity contribution in [2.45, 2.75) is 13.3 Å². The molecule has 130 valence electrons. The Kier molecular flexibility index (Phi) is 4.37. The number of amides is 1. The molecule has 6 nitrogen and oxygen atoms in total. The highest BCUT2D eigenvalue weighted by Gasteiger charge is 2.13. The van der Waals surface area contributed by atoms with Gasteiger partial charge in [0, 0.05) is 16.6 Å². The average molecular weight is 365 g/mol. The van der Waals surface area contributed by atoms with Gasteiger partial charge >= 0.3 is 0 Å². The molecule has 0 aliphatic rings. The van der Waals surface area contributed by atoms with Gasteiger partial charge in [0.15, 0.2) is 10.8 Å². The number of benzene rings is 1. The molecule has 0 bridgehead atoms. The molecule has 0 saturated carbocycles. The van der Waals surface area contributed by atoms with E-state index in [0.717, 1.165) is 21.8 Å². The van der Waals surface area contributed by atoms with Crippen molar-refractivity contribution >= 4 is 22.9 Å². The van der Waals surface area contributed by atoms with Gasteiger partial charge in [0.1, 0.15) is 6.26 Å². The van der Waals surface area contributed by atoms with Crippen LogP contribution in [-0.4, -0.2) is 15.9 Å². The monoisotopic (exact) mass is 365 g/mol. The summed E-state index contributed by atoms with van der Waals surface area (Å²) < 4.78 is 10.6. The van der Waals surface area contributed by atoms with E-state index in [-0.39, 0.29) is 12.3 Å². The van der Waals surface area contributed by atoms with Crippen molar-refractivity contribution in [3.8, 4) is 22.2 Å². The molecule has 0 unspecified atom stereocenters. The summed E-state index contributed by atoms with van der Waals surface area (Å²) in [7, 11) is 0. The number of nitrogens with one attached hydrogen (secondary N) is 1. The molecule has 0 spiro atoms. The Labute approximate surface area is 153 Å². The second-order valence-corrected chi connectivity index (χ2v) is 6.57. The minimum absolute atomic E-state index is 0.131. The minimum Gasteiger partial charge on any atom is -0.462 e. The Morgan fingerprint density at radius 3 is 2.92 bits per heavy atom. The molecule has 0 saturated heterocycles. The van der Waals surface area contributed by atoms with E-state index < -0.39 is 0 Å². The Morgan fingerprint density at radius 1 is 1.23 bits per heavy atom. The van der Waals surface area contributed by atoms with Gasteiger partial charge in [-0.05, 0) is 36.8 Å². The minimum atomic E-state index is -0.131. The second-order valence-electron chi connectivity index (χ2n) is 5.71. The predicted molar refractivity (Wildman–Crippen MR) is 98.8 cm³/mol. The van der Waals surface area contributed by atoms with Crippen molar-refractivity contribution < 1.29 is 13.6 Å². The molecule has 4 aromatic rings. The second kappa shape index (κ2) is 6.97. The number of carbonyl (C=O) groups excluding carboxylic acids is 1. The molecule has 1 aromatic carbocycles. The molecule has 7 heteroatoms. The highest BCUT2D eigenvalue weighted by atomic mass is 32.1. The zero-order valence-corrected chi connectivity index (χ0v) is 14.7. The van der Waals surface area contributed by atoms with Crippen LogP contribution in [0.15, 0.2) is 63.3 Å². The molecule has 26 heavy (non-hydrogen) atoms. The highest BCUT2D eigenvalue weighted by molar-refractivity contribution is 7.13. The molecule has 0 aliphatic carbocycles. The standard InChI is InChI=1S/C19H15N3O3S/c1-12-4-5-13(18-20-6-8-25-18)9-15(12)22-17(23)10-14-11-26-19(21-14)16-3-2-7-24-16/h2-9,11H,10H2,1H3,(H,22,23). The van der Waals surface area contributed by atoms with Gasteiger partial charge in [0.05, 0.1) is 24.6 Å². The normalized spacial score (nSPS) is 10.8. The molecule has 3 aromatic heterocycles. The number of nitrogens with zero attached hydrogens (tertiary/aromatic N) is 2. The van der Waals surface area contributed by atoms with E-state index in [9.17, 15) is 4.79 Å². The van der Waals surface area contributed by atoms with Crippen LogP contribution in [0.2, 0.25) is 0 Å². The number of hydrogen-bond acceptors (Lipinski definition) is 6. The fourth-order valence-corrected chi connectivity index (χ4v) is 3.30. The Balaban J connectivity index is 1.47. The first-order valence-corrected chi connectivity index (χ1v) is 8.85. The first kappa shape index (κ1) is 16.3. The van der Waals surface area contributed by atoms with Crippen molar-refractivity contribution in [2.24, 2.45) is 0 Å². The van der Waals surface area contributed by atoms with E-state index in [4.69, 9.17) is 8.83 Å². The SMILES string of the molecule is Cc1ccc(-c2ncco2)cc1NC(=O)Cc1csc(-c2ccco2)n1. The molecule has 1 N–H and O–H groups in total. The van der Waals surface area contributed by atoms with E-state index in [2.05, 4.69) is 15.3 Å². The maximum absolute atomic E-state index is 12.4. The summed E-state index contributed by atoms with van der Waals surface area (Å²) in [6, 6.07) is 9.35. The Bertz CT molecular complexity index is 1020. The largest absolute Gasteiger partial charge is 0.462 e. The average Bonchev–Trinajstić information content (AvgIpc) is 3.39. The molecule has 1 amide bonds. The number of carbonyl (C=O) groups is 1. The van der Waals surface area contributed by atoms with Crippen molar-refractivity contribution in [2.75, 3.05) is 5.32 Å². The number of furan rings is 1. The van der Waals surface area contributed by atoms with Gasteiger partial charge in [-0.15, -0.1) is 11.3 Å². The third-order valence-corrected chi connectivity index (χ3v) is 4.72. The van der Waals surface area contributed by atoms with Gasteiger partial charge in [-0.25, -0.2) is 9.97 Å². The van der Waals surface area contributed by atoms with Crippen LogP contribution >= 0.6 is 11.3 Å². The lowest BCUT2D eigenvalue weighted by Gasteiger charge is -2.09. The van der Waals surface area contributed by atoms with E-state index >= 15 is 0 Å². The summed E-state index contributed by atoms with van der Waals surface area (Å²) in [5.74, 6) is 1.09. The summed E-state index contributed by atoms with van der Waals surface area (Å²) >= 11 is 1.45. The third-order valence-electron chi connectivity index (χ3n) is 3.82. The molecule has 0 aliphatic heterocycles. The van der Waals surface area contributed by atoms with Gasteiger partial charge < -0.3 is 14.2 Å². The maximum atomic E-state index is 12.4. The van der Waals surface area contributed by atoms with Gasteiger partial charge in [-0.1, -0.05) is 6.07 Å². The van der Waals surface area contributed by atoms with E-state index in [1.165, 1.54) is 17.6 Å². The number of anilines is 1. The Morgan fingerprint density at radius 2 is 2.15 bits per heavy atom. The number of aryl methyl sites for hydroxylation is 1. The maximum Gasteiger partial charge on any atom is 0.230 e. The molecule has 0 fully saturated rings. The quantitative estimate of drug-likeness (QED) is 0.561. The van der Waals surface area contributed by atoms with Crippen LogP contribution < -0.4 is 5.32 Å². The van der Waals surface area contributed by atoms with Crippen LogP contribution in [-0.2, 0) is 11.2 Å². The van der Waals surface area contributed by atoms with Gasteiger partial charge in [-0.2, -0.15) is 0 Å². The van der Waals surface area contributed by atoms with Crippen LogP contribution in [0, 0.1) is 6.92 Å². The molecule has 0 radical (unpaired) electrons. The van der Waals surface area contributed by atoms with Crippen molar-refractivity contribution in [1.82, 2.24) is 9.97 Å². The molecule has 0 atom stereocenters. The van der Waals surface area contributed by atoms with Crippen molar-refractivity contribution in [3.05, 3.63) is 65.7 Å². The summed E-state index contributed by atoms with van der Waals surface area (Å²) in [6.07, 6.45) is 4.91.